The van der Waals surface area contributed by atoms with Crippen LogP contribution in [0.2, 0.25) is 0 Å². The van der Waals surface area contributed by atoms with Gasteiger partial charge in [-0.2, -0.15) is 0 Å². The number of amides is 2. The van der Waals surface area contributed by atoms with Crippen LogP contribution >= 0.6 is 0 Å². The summed E-state index contributed by atoms with van der Waals surface area (Å²) in [6.45, 7) is 15.4. The van der Waals surface area contributed by atoms with E-state index in [9.17, 15) is 9.59 Å². The molecule has 1 atom stereocenters. The fraction of sp³-hybridized carbons (Fsp3) is 0.500. The minimum Gasteiger partial charge on any atom is -0.488 e. The largest absolute Gasteiger partial charge is 0.488 e. The molecule has 52 heavy (non-hydrogen) atoms. The van der Waals surface area contributed by atoms with Crippen LogP contribution < -0.4 is 4.74 Å². The molecule has 7 rings (SSSR count). The topological polar surface area (TPSA) is 135 Å². The lowest BCUT2D eigenvalue weighted by Crippen LogP contribution is -2.47. The Morgan fingerprint density at radius 1 is 0.962 bits per heavy atom. The molecule has 12 heteroatoms. The molecule has 2 N–H and O–H groups in total. The van der Waals surface area contributed by atoms with E-state index >= 15 is 0 Å². The molecule has 278 valence electrons. The Morgan fingerprint density at radius 3 is 2.38 bits per heavy atom. The summed E-state index contributed by atoms with van der Waals surface area (Å²) in [4.78, 5) is 45.6. The number of aromatic nitrogens is 4. The van der Waals surface area contributed by atoms with Crippen LogP contribution in [0.15, 0.2) is 36.5 Å². The summed E-state index contributed by atoms with van der Waals surface area (Å²) in [6, 6.07) is 10.7. The zero-order chi connectivity index (χ0) is 37.4. The molecule has 4 heterocycles. The van der Waals surface area contributed by atoms with E-state index < -0.39 is 11.2 Å². The van der Waals surface area contributed by atoms with Gasteiger partial charge in [-0.3, -0.25) is 4.90 Å². The summed E-state index contributed by atoms with van der Waals surface area (Å²) in [5.41, 5.74) is 8.47. The fourth-order valence-corrected chi connectivity index (χ4v) is 6.76. The van der Waals surface area contributed by atoms with Crippen molar-refractivity contribution in [1.82, 2.24) is 29.7 Å². The van der Waals surface area contributed by atoms with E-state index in [1.807, 2.05) is 47.7 Å². The second-order valence-corrected chi connectivity index (χ2v) is 15.6. The second kappa shape index (κ2) is 14.7. The van der Waals surface area contributed by atoms with Crippen molar-refractivity contribution < 1.29 is 28.5 Å². The molecule has 1 unspecified atom stereocenters. The van der Waals surface area contributed by atoms with Crippen LogP contribution in [0, 0.1) is 0 Å². The summed E-state index contributed by atoms with van der Waals surface area (Å²) in [5, 5.41) is 0. The standard InChI is InChI=1S/C38H46N6O5.C2H6O/c1-8-14-43(35(45)48-37(2,3)4)20-32-40-28-12-10-22-17-27-25-11-9-23(16-24(25)21-47-31(27)18-26(22)33(28)42-32)29-19-39-34(41-29)30-13-15-44(30)36(46)49-38(5,6)7;1-3-2/h9,11,16-19,30H,8,10,12-15,20-21H2,1-7H3,(H,39,41)(H,40,42);1-2H3. The van der Waals surface area contributed by atoms with Gasteiger partial charge in [-0.15, -0.1) is 0 Å². The molecule has 1 saturated heterocycles. The van der Waals surface area contributed by atoms with Gasteiger partial charge in [0.2, 0.25) is 0 Å². The molecule has 0 radical (unpaired) electrons. The lowest BCUT2D eigenvalue weighted by Gasteiger charge is -2.40. The number of H-pyrrole nitrogens is 2. The van der Waals surface area contributed by atoms with Crippen LogP contribution in [0.4, 0.5) is 9.59 Å². The first-order valence-electron chi connectivity index (χ1n) is 18.1. The predicted molar refractivity (Wildman–Crippen MR) is 199 cm³/mol. The molecule has 3 aliphatic rings. The number of carbonyl (C=O) groups is 2. The molecule has 2 aromatic carbocycles. The highest BCUT2D eigenvalue weighted by atomic mass is 16.6. The number of hydrogen-bond donors (Lipinski definition) is 2. The van der Waals surface area contributed by atoms with Gasteiger partial charge in [-0.1, -0.05) is 19.1 Å². The molecule has 12 nitrogen and oxygen atoms in total. The summed E-state index contributed by atoms with van der Waals surface area (Å²) in [5.74, 6) is 2.36. The quantitative estimate of drug-likeness (QED) is 0.204. The molecule has 2 amide bonds. The van der Waals surface area contributed by atoms with Crippen molar-refractivity contribution in [2.75, 3.05) is 27.3 Å². The highest BCUT2D eigenvalue weighted by Gasteiger charge is 2.38. The van der Waals surface area contributed by atoms with Gasteiger partial charge >= 0.3 is 12.2 Å². The minimum atomic E-state index is -0.561. The van der Waals surface area contributed by atoms with Crippen LogP contribution in [-0.4, -0.2) is 80.4 Å². The van der Waals surface area contributed by atoms with Crippen LogP contribution in [0.25, 0.3) is 33.6 Å². The predicted octanol–water partition coefficient (Wildman–Crippen LogP) is 8.22. The molecular weight excluding hydrogens is 660 g/mol. The molecule has 0 bridgehead atoms. The minimum absolute atomic E-state index is 0.117. The Hall–Kier alpha value is -4.84. The SMILES string of the molecule is CCCN(Cc1nc2c([nH]1)CCc1cc3c(cc1-2)OCc1cc(-c2cnc(C4CCN4C(=O)OC(C)(C)C)[nH]2)ccc1-3)C(=O)OC(C)(C)C.COC. The van der Waals surface area contributed by atoms with E-state index in [-0.39, 0.29) is 18.2 Å². The molecule has 0 spiro atoms. The van der Waals surface area contributed by atoms with E-state index in [1.54, 1.807) is 24.0 Å². The van der Waals surface area contributed by atoms with Gasteiger partial charge in [0.25, 0.3) is 0 Å². The van der Waals surface area contributed by atoms with Crippen LogP contribution in [-0.2, 0) is 40.2 Å². The molecule has 1 aliphatic carbocycles. The van der Waals surface area contributed by atoms with Gasteiger partial charge in [0.15, 0.2) is 0 Å². The van der Waals surface area contributed by atoms with E-state index in [0.717, 1.165) is 88.0 Å². The van der Waals surface area contributed by atoms with Crippen molar-refractivity contribution in [2.24, 2.45) is 0 Å². The third-order valence-corrected chi connectivity index (χ3v) is 9.07. The number of nitrogens with one attached hydrogen (secondary N) is 2. The maximum atomic E-state index is 12.9. The molecule has 2 aromatic heterocycles. The number of imidazole rings is 2. The third-order valence-electron chi connectivity index (χ3n) is 9.07. The van der Waals surface area contributed by atoms with Crippen molar-refractivity contribution in [3.8, 4) is 39.4 Å². The summed E-state index contributed by atoms with van der Waals surface area (Å²) >= 11 is 0. The zero-order valence-electron chi connectivity index (χ0n) is 31.9. The van der Waals surface area contributed by atoms with E-state index in [2.05, 4.69) is 56.9 Å². The number of aromatic amines is 2. The highest BCUT2D eigenvalue weighted by molar-refractivity contribution is 5.83. The van der Waals surface area contributed by atoms with Crippen molar-refractivity contribution in [3.63, 3.8) is 0 Å². The molecule has 0 saturated carbocycles. The maximum absolute atomic E-state index is 12.9. The smallest absolute Gasteiger partial charge is 0.410 e. The van der Waals surface area contributed by atoms with Gasteiger partial charge in [-0.05, 0) is 108 Å². The van der Waals surface area contributed by atoms with Crippen molar-refractivity contribution in [2.45, 2.75) is 105 Å². The lowest BCUT2D eigenvalue weighted by atomic mass is 9.86. The number of methoxy groups -OCH3 is 1. The maximum Gasteiger partial charge on any atom is 0.410 e. The summed E-state index contributed by atoms with van der Waals surface area (Å²) < 4.78 is 21.8. The van der Waals surface area contributed by atoms with Gasteiger partial charge in [0.05, 0.1) is 30.2 Å². The van der Waals surface area contributed by atoms with Crippen LogP contribution in [0.1, 0.15) is 95.8 Å². The normalized spacial score (nSPS) is 15.8. The first-order chi connectivity index (χ1) is 24.7. The number of carbonyl (C=O) groups excluding carboxylic acids is 2. The number of hydrogen-bond acceptors (Lipinski definition) is 8. The Bertz CT molecular complexity index is 1930. The molecular formula is C40H52N6O6. The van der Waals surface area contributed by atoms with Gasteiger partial charge in [0.1, 0.15) is 35.2 Å². The van der Waals surface area contributed by atoms with Crippen LogP contribution in [0.3, 0.4) is 0 Å². The number of likely N-dealkylation sites (tertiary alicyclic amines) is 1. The van der Waals surface area contributed by atoms with E-state index in [1.165, 1.54) is 5.56 Å². The van der Waals surface area contributed by atoms with Gasteiger partial charge in [-0.25, -0.2) is 19.6 Å². The average molecular weight is 713 g/mol. The third kappa shape index (κ3) is 7.96. The van der Waals surface area contributed by atoms with Gasteiger partial charge < -0.3 is 33.8 Å². The second-order valence-electron chi connectivity index (χ2n) is 15.6. The number of fused-ring (bicyclic) bond motifs is 6. The zero-order valence-corrected chi connectivity index (χ0v) is 31.9. The number of ether oxygens (including phenoxy) is 4. The molecule has 2 aliphatic heterocycles. The Balaban J connectivity index is 0.00000150. The summed E-state index contributed by atoms with van der Waals surface area (Å²) in [7, 11) is 3.25. The van der Waals surface area contributed by atoms with Crippen molar-refractivity contribution >= 4 is 12.2 Å². The Kier molecular flexibility index (Phi) is 10.4. The highest BCUT2D eigenvalue weighted by Crippen LogP contribution is 2.45. The lowest BCUT2D eigenvalue weighted by molar-refractivity contribution is -0.00726. The Labute approximate surface area is 306 Å². The van der Waals surface area contributed by atoms with E-state index in [0.29, 0.717) is 26.2 Å². The molecule has 1 fully saturated rings. The molecule has 4 aromatic rings. The number of rotatable bonds is 6. The average Bonchev–Trinajstić information content (AvgIpc) is 3.69. The van der Waals surface area contributed by atoms with E-state index in [4.69, 9.17) is 19.2 Å². The number of nitrogens with zero attached hydrogens (tertiary/aromatic N) is 4. The summed E-state index contributed by atoms with van der Waals surface area (Å²) in [6.07, 6.45) is 4.59. The monoisotopic (exact) mass is 712 g/mol. The number of aryl methyl sites for hydroxylation is 2. The first-order valence-corrected chi connectivity index (χ1v) is 18.1. The Morgan fingerprint density at radius 2 is 1.71 bits per heavy atom. The first kappa shape index (κ1) is 36.9. The van der Waals surface area contributed by atoms with Crippen molar-refractivity contribution in [1.29, 1.82) is 0 Å². The van der Waals surface area contributed by atoms with Gasteiger partial charge in [0, 0.05) is 44.1 Å². The van der Waals surface area contributed by atoms with Crippen molar-refractivity contribution in [3.05, 3.63) is 65.0 Å². The van der Waals surface area contributed by atoms with Crippen LogP contribution in [0.5, 0.6) is 5.75 Å². The number of benzene rings is 2. The fourth-order valence-electron chi connectivity index (χ4n) is 6.76.